The molecule has 0 heterocycles. The van der Waals surface area contributed by atoms with Crippen LogP contribution in [0.1, 0.15) is 37.5 Å². The van der Waals surface area contributed by atoms with Gasteiger partial charge in [0.2, 0.25) is 11.8 Å². The summed E-state index contributed by atoms with van der Waals surface area (Å²) in [6, 6.07) is 19.5. The Hall–Kier alpha value is -3.36. The highest BCUT2D eigenvalue weighted by Crippen LogP contribution is 2.30. The molecular weight excluding hydrogens is 522 g/mol. The average molecular weight is 556 g/mol. The summed E-state index contributed by atoms with van der Waals surface area (Å²) in [6.07, 6.45) is 0. The number of carbonyl (C=O) groups is 2. The normalized spacial score (nSPS) is 12.2. The standard InChI is InChI=1S/C29H34ClN3O4S/c1-20(2)31-29(35)23(5)32(18-24-14-11-21(3)12-15-24)28(34)19-33(27-17-25(30)16-13-22(27)4)38(36,37)26-9-7-6-8-10-26/h6-17,20,23H,18-19H2,1-5H3,(H,31,35)/t23-/m0/s1. The second kappa shape index (κ2) is 12.5. The Morgan fingerprint density at radius 3 is 2.16 bits per heavy atom. The van der Waals surface area contributed by atoms with Gasteiger partial charge in [-0.15, -0.1) is 0 Å². The number of rotatable bonds is 10. The number of hydrogen-bond donors (Lipinski definition) is 1. The molecule has 0 spiro atoms. The summed E-state index contributed by atoms with van der Waals surface area (Å²) in [6.45, 7) is 8.67. The molecule has 1 atom stereocenters. The number of aryl methyl sites for hydroxylation is 2. The molecule has 1 N–H and O–H groups in total. The van der Waals surface area contributed by atoms with Crippen LogP contribution in [0.2, 0.25) is 5.02 Å². The fourth-order valence-electron chi connectivity index (χ4n) is 3.96. The molecule has 9 heteroatoms. The quantitative estimate of drug-likeness (QED) is 0.377. The van der Waals surface area contributed by atoms with Gasteiger partial charge in [-0.3, -0.25) is 13.9 Å². The maximum Gasteiger partial charge on any atom is 0.264 e. The predicted octanol–water partition coefficient (Wildman–Crippen LogP) is 5.09. The second-order valence-corrected chi connectivity index (χ2v) is 11.9. The highest BCUT2D eigenvalue weighted by molar-refractivity contribution is 7.92. The molecule has 202 valence electrons. The van der Waals surface area contributed by atoms with E-state index in [4.69, 9.17) is 11.6 Å². The number of nitrogens with one attached hydrogen (secondary N) is 1. The lowest BCUT2D eigenvalue weighted by atomic mass is 10.1. The third-order valence-electron chi connectivity index (χ3n) is 6.12. The van der Waals surface area contributed by atoms with E-state index in [0.29, 0.717) is 16.3 Å². The van der Waals surface area contributed by atoms with Gasteiger partial charge in [0.25, 0.3) is 10.0 Å². The SMILES string of the molecule is Cc1ccc(CN(C(=O)CN(c2cc(Cl)ccc2C)S(=O)(=O)c2ccccc2)[C@@H](C)C(=O)NC(C)C)cc1. The zero-order valence-corrected chi connectivity index (χ0v) is 23.9. The largest absolute Gasteiger partial charge is 0.352 e. The van der Waals surface area contributed by atoms with Crippen LogP contribution < -0.4 is 9.62 Å². The van der Waals surface area contributed by atoms with E-state index < -0.39 is 28.5 Å². The number of sulfonamides is 1. The van der Waals surface area contributed by atoms with E-state index in [-0.39, 0.29) is 23.4 Å². The molecule has 0 saturated heterocycles. The molecule has 0 bridgehead atoms. The molecule has 3 aromatic carbocycles. The van der Waals surface area contributed by atoms with Gasteiger partial charge in [0.05, 0.1) is 10.6 Å². The number of benzene rings is 3. The molecule has 0 aromatic heterocycles. The minimum absolute atomic E-state index is 0.0443. The van der Waals surface area contributed by atoms with Crippen molar-refractivity contribution in [3.63, 3.8) is 0 Å². The first-order valence-electron chi connectivity index (χ1n) is 12.4. The lowest BCUT2D eigenvalue weighted by molar-refractivity contribution is -0.139. The van der Waals surface area contributed by atoms with Gasteiger partial charge >= 0.3 is 0 Å². The number of halogens is 1. The van der Waals surface area contributed by atoms with Gasteiger partial charge in [-0.1, -0.05) is 65.7 Å². The Morgan fingerprint density at radius 2 is 1.55 bits per heavy atom. The minimum Gasteiger partial charge on any atom is -0.352 e. The first-order chi connectivity index (χ1) is 17.9. The number of hydrogen-bond acceptors (Lipinski definition) is 4. The van der Waals surface area contributed by atoms with Crippen LogP contribution in [0.5, 0.6) is 0 Å². The molecule has 38 heavy (non-hydrogen) atoms. The molecule has 0 aliphatic carbocycles. The number of carbonyl (C=O) groups excluding carboxylic acids is 2. The van der Waals surface area contributed by atoms with Crippen LogP contribution in [-0.2, 0) is 26.2 Å². The molecule has 0 radical (unpaired) electrons. The van der Waals surface area contributed by atoms with E-state index in [0.717, 1.165) is 15.4 Å². The highest BCUT2D eigenvalue weighted by Gasteiger charge is 2.33. The van der Waals surface area contributed by atoms with E-state index in [1.54, 1.807) is 44.2 Å². The first kappa shape index (κ1) is 29.2. The van der Waals surface area contributed by atoms with Gasteiger partial charge in [0.1, 0.15) is 12.6 Å². The molecule has 0 aliphatic heterocycles. The smallest absolute Gasteiger partial charge is 0.264 e. The number of nitrogens with zero attached hydrogens (tertiary/aromatic N) is 2. The maximum atomic E-state index is 13.9. The van der Waals surface area contributed by atoms with Crippen molar-refractivity contribution in [2.45, 2.75) is 58.1 Å². The highest BCUT2D eigenvalue weighted by atomic mass is 35.5. The van der Waals surface area contributed by atoms with E-state index >= 15 is 0 Å². The fraction of sp³-hybridized carbons (Fsp3) is 0.310. The van der Waals surface area contributed by atoms with Crippen LogP contribution in [-0.4, -0.2) is 43.8 Å². The summed E-state index contributed by atoms with van der Waals surface area (Å²) in [5, 5.41) is 3.19. The Kier molecular flexibility index (Phi) is 9.57. The van der Waals surface area contributed by atoms with Crippen molar-refractivity contribution in [3.05, 3.63) is 94.5 Å². The molecule has 0 saturated carbocycles. The Labute approximate surface area is 230 Å². The lowest BCUT2D eigenvalue weighted by Crippen LogP contribution is -2.52. The van der Waals surface area contributed by atoms with Crippen LogP contribution in [0, 0.1) is 13.8 Å². The van der Waals surface area contributed by atoms with Gasteiger partial charge in [0, 0.05) is 17.6 Å². The molecule has 7 nitrogen and oxygen atoms in total. The van der Waals surface area contributed by atoms with Gasteiger partial charge in [-0.05, 0) is 70.0 Å². The predicted molar refractivity (Wildman–Crippen MR) is 152 cm³/mol. The molecular formula is C29H34ClN3O4S. The van der Waals surface area contributed by atoms with Crippen molar-refractivity contribution in [3.8, 4) is 0 Å². The summed E-state index contributed by atoms with van der Waals surface area (Å²) in [7, 11) is -4.14. The Morgan fingerprint density at radius 1 is 0.921 bits per heavy atom. The monoisotopic (exact) mass is 555 g/mol. The van der Waals surface area contributed by atoms with Crippen LogP contribution in [0.3, 0.4) is 0 Å². The van der Waals surface area contributed by atoms with Gasteiger partial charge in [0.15, 0.2) is 0 Å². The van der Waals surface area contributed by atoms with E-state index in [2.05, 4.69) is 5.32 Å². The third-order valence-corrected chi connectivity index (χ3v) is 8.13. The van der Waals surface area contributed by atoms with Crippen LogP contribution in [0.4, 0.5) is 5.69 Å². The average Bonchev–Trinajstić information content (AvgIpc) is 2.88. The number of anilines is 1. The Bertz CT molecular complexity index is 1380. The van der Waals surface area contributed by atoms with Crippen molar-refractivity contribution in [1.82, 2.24) is 10.2 Å². The molecule has 3 aromatic rings. The van der Waals surface area contributed by atoms with Crippen LogP contribution in [0.25, 0.3) is 0 Å². The van der Waals surface area contributed by atoms with Crippen molar-refractivity contribution >= 4 is 39.1 Å². The first-order valence-corrected chi connectivity index (χ1v) is 14.2. The van der Waals surface area contributed by atoms with Crippen molar-refractivity contribution < 1.29 is 18.0 Å². The molecule has 2 amide bonds. The number of amides is 2. The topological polar surface area (TPSA) is 86.8 Å². The maximum absolute atomic E-state index is 13.9. The fourth-order valence-corrected chi connectivity index (χ4v) is 5.62. The van der Waals surface area contributed by atoms with Gasteiger partial charge in [-0.25, -0.2) is 8.42 Å². The van der Waals surface area contributed by atoms with Gasteiger partial charge in [-0.2, -0.15) is 0 Å². The van der Waals surface area contributed by atoms with E-state index in [1.165, 1.54) is 23.1 Å². The minimum atomic E-state index is -4.14. The molecule has 0 unspecified atom stereocenters. The Balaban J connectivity index is 2.06. The third kappa shape index (κ3) is 7.14. The lowest BCUT2D eigenvalue weighted by Gasteiger charge is -2.32. The zero-order valence-electron chi connectivity index (χ0n) is 22.3. The van der Waals surface area contributed by atoms with Crippen LogP contribution in [0.15, 0.2) is 77.7 Å². The van der Waals surface area contributed by atoms with E-state index in [9.17, 15) is 18.0 Å². The van der Waals surface area contributed by atoms with E-state index in [1.807, 2.05) is 45.0 Å². The summed E-state index contributed by atoms with van der Waals surface area (Å²) < 4.78 is 28.7. The second-order valence-electron chi connectivity index (χ2n) is 9.60. The van der Waals surface area contributed by atoms with Crippen molar-refractivity contribution in [2.75, 3.05) is 10.8 Å². The van der Waals surface area contributed by atoms with Crippen molar-refractivity contribution in [1.29, 1.82) is 0 Å². The zero-order chi connectivity index (χ0) is 28.0. The summed E-state index contributed by atoms with van der Waals surface area (Å²) >= 11 is 6.25. The molecule has 0 fully saturated rings. The summed E-state index contributed by atoms with van der Waals surface area (Å²) in [5.74, 6) is -0.840. The summed E-state index contributed by atoms with van der Waals surface area (Å²) in [5.41, 5.74) is 2.82. The van der Waals surface area contributed by atoms with Gasteiger partial charge < -0.3 is 10.2 Å². The summed E-state index contributed by atoms with van der Waals surface area (Å²) in [4.78, 5) is 28.3. The van der Waals surface area contributed by atoms with Crippen molar-refractivity contribution in [2.24, 2.45) is 0 Å². The van der Waals surface area contributed by atoms with Crippen LogP contribution >= 0.6 is 11.6 Å². The molecule has 0 aliphatic rings. The molecule has 3 rings (SSSR count).